The molecule has 1 heterocycles. The van der Waals surface area contributed by atoms with Crippen LogP contribution in [0.1, 0.15) is 34.2 Å². The SMILES string of the molecule is COc1ccc(C(C)=O)cc1CN(C)Cc1ccoc1C. The van der Waals surface area contributed by atoms with Crippen molar-refractivity contribution in [2.45, 2.75) is 26.9 Å². The second-order valence-corrected chi connectivity index (χ2v) is 5.26. The van der Waals surface area contributed by atoms with Crippen molar-refractivity contribution in [3.8, 4) is 5.75 Å². The zero-order valence-corrected chi connectivity index (χ0v) is 13.0. The number of rotatable bonds is 6. The van der Waals surface area contributed by atoms with Crippen LogP contribution in [0.2, 0.25) is 0 Å². The second-order valence-electron chi connectivity index (χ2n) is 5.26. The average molecular weight is 287 g/mol. The first-order valence-corrected chi connectivity index (χ1v) is 6.90. The molecule has 0 unspecified atom stereocenters. The van der Waals surface area contributed by atoms with Crippen molar-refractivity contribution in [1.29, 1.82) is 0 Å². The maximum Gasteiger partial charge on any atom is 0.159 e. The van der Waals surface area contributed by atoms with Crippen molar-refractivity contribution >= 4 is 5.78 Å². The van der Waals surface area contributed by atoms with Gasteiger partial charge in [0.15, 0.2) is 5.78 Å². The van der Waals surface area contributed by atoms with Crippen LogP contribution >= 0.6 is 0 Å². The summed E-state index contributed by atoms with van der Waals surface area (Å²) in [5.74, 6) is 1.80. The van der Waals surface area contributed by atoms with Gasteiger partial charge >= 0.3 is 0 Å². The molecule has 2 rings (SSSR count). The fourth-order valence-corrected chi connectivity index (χ4v) is 2.33. The highest BCUT2D eigenvalue weighted by Gasteiger charge is 2.11. The second kappa shape index (κ2) is 6.59. The highest BCUT2D eigenvalue weighted by atomic mass is 16.5. The smallest absolute Gasteiger partial charge is 0.159 e. The van der Waals surface area contributed by atoms with Crippen LogP contribution in [0.25, 0.3) is 0 Å². The Morgan fingerprint density at radius 3 is 2.52 bits per heavy atom. The summed E-state index contributed by atoms with van der Waals surface area (Å²) in [5, 5.41) is 0. The number of hydrogen-bond donors (Lipinski definition) is 0. The molecule has 0 saturated carbocycles. The molecule has 0 N–H and O–H groups in total. The van der Waals surface area contributed by atoms with Crippen molar-refractivity contribution in [2.75, 3.05) is 14.2 Å². The van der Waals surface area contributed by atoms with E-state index >= 15 is 0 Å². The normalized spacial score (nSPS) is 10.9. The van der Waals surface area contributed by atoms with Crippen molar-refractivity contribution < 1.29 is 13.9 Å². The van der Waals surface area contributed by atoms with Crippen LogP contribution in [-0.4, -0.2) is 24.8 Å². The molecule has 1 aromatic carbocycles. The highest BCUT2D eigenvalue weighted by Crippen LogP contribution is 2.22. The molecule has 0 radical (unpaired) electrons. The van der Waals surface area contributed by atoms with Crippen molar-refractivity contribution in [3.63, 3.8) is 0 Å². The van der Waals surface area contributed by atoms with Crippen LogP contribution in [0.5, 0.6) is 5.75 Å². The molecule has 1 aromatic heterocycles. The first-order chi connectivity index (χ1) is 10.0. The third-order valence-corrected chi connectivity index (χ3v) is 3.53. The summed E-state index contributed by atoms with van der Waals surface area (Å²) in [5.41, 5.74) is 2.88. The van der Waals surface area contributed by atoms with Gasteiger partial charge in [-0.1, -0.05) is 0 Å². The van der Waals surface area contributed by atoms with E-state index in [1.807, 2.05) is 32.2 Å². The number of carbonyl (C=O) groups is 1. The van der Waals surface area contributed by atoms with E-state index in [1.54, 1.807) is 26.4 Å². The quantitative estimate of drug-likeness (QED) is 0.763. The van der Waals surface area contributed by atoms with E-state index in [0.29, 0.717) is 12.1 Å². The maximum atomic E-state index is 11.5. The Labute approximate surface area is 125 Å². The minimum Gasteiger partial charge on any atom is -0.496 e. The summed E-state index contributed by atoms with van der Waals surface area (Å²) in [6.07, 6.45) is 1.70. The Kier molecular flexibility index (Phi) is 4.81. The lowest BCUT2D eigenvalue weighted by Gasteiger charge is -2.18. The summed E-state index contributed by atoms with van der Waals surface area (Å²) in [4.78, 5) is 13.7. The first kappa shape index (κ1) is 15.3. The molecule has 0 aliphatic heterocycles. The lowest BCUT2D eigenvalue weighted by Crippen LogP contribution is -2.18. The highest BCUT2D eigenvalue weighted by molar-refractivity contribution is 5.94. The molecule has 0 spiro atoms. The standard InChI is InChI=1S/C17H21NO3/c1-12(19)14-5-6-17(20-4)16(9-14)11-18(3)10-15-7-8-21-13(15)2/h5-9H,10-11H2,1-4H3. The van der Waals surface area contributed by atoms with Crippen LogP contribution in [0, 0.1) is 6.92 Å². The fraction of sp³-hybridized carbons (Fsp3) is 0.353. The molecule has 21 heavy (non-hydrogen) atoms. The first-order valence-electron chi connectivity index (χ1n) is 6.90. The van der Waals surface area contributed by atoms with Crippen LogP contribution in [0.3, 0.4) is 0 Å². The summed E-state index contributed by atoms with van der Waals surface area (Å²) in [6, 6.07) is 7.53. The lowest BCUT2D eigenvalue weighted by atomic mass is 10.1. The molecule has 0 aliphatic carbocycles. The minimum absolute atomic E-state index is 0.0623. The number of nitrogens with zero attached hydrogens (tertiary/aromatic N) is 1. The summed E-state index contributed by atoms with van der Waals surface area (Å²) in [7, 11) is 3.68. The van der Waals surface area contributed by atoms with Gasteiger partial charge in [0.1, 0.15) is 11.5 Å². The molecule has 0 aliphatic rings. The van der Waals surface area contributed by atoms with Crippen LogP contribution in [-0.2, 0) is 13.1 Å². The number of hydrogen-bond acceptors (Lipinski definition) is 4. The van der Waals surface area contributed by atoms with Gasteiger partial charge in [-0.05, 0) is 45.2 Å². The third kappa shape index (κ3) is 3.73. The maximum absolute atomic E-state index is 11.5. The van der Waals surface area contributed by atoms with Gasteiger partial charge in [0.05, 0.1) is 13.4 Å². The number of aryl methyl sites for hydroxylation is 1. The molecular weight excluding hydrogens is 266 g/mol. The Hall–Kier alpha value is -2.07. The number of carbonyl (C=O) groups excluding carboxylic acids is 1. The number of furan rings is 1. The fourth-order valence-electron chi connectivity index (χ4n) is 2.33. The molecule has 0 bridgehead atoms. The Morgan fingerprint density at radius 2 is 1.95 bits per heavy atom. The van der Waals surface area contributed by atoms with Crippen LogP contribution in [0.4, 0.5) is 0 Å². The number of ketones is 1. The van der Waals surface area contributed by atoms with E-state index < -0.39 is 0 Å². The van der Waals surface area contributed by atoms with Gasteiger partial charge in [0.2, 0.25) is 0 Å². The monoisotopic (exact) mass is 287 g/mol. The lowest BCUT2D eigenvalue weighted by molar-refractivity contribution is 0.101. The third-order valence-electron chi connectivity index (χ3n) is 3.53. The molecule has 2 aromatic rings. The molecule has 0 amide bonds. The molecule has 0 fully saturated rings. The van der Waals surface area contributed by atoms with Gasteiger partial charge in [-0.15, -0.1) is 0 Å². The molecule has 0 atom stereocenters. The summed E-state index contributed by atoms with van der Waals surface area (Å²) < 4.78 is 10.7. The van der Waals surface area contributed by atoms with E-state index in [1.165, 1.54) is 5.56 Å². The number of methoxy groups -OCH3 is 1. The number of Topliss-reactive ketones (excluding diaryl/α,β-unsaturated/α-hetero) is 1. The average Bonchev–Trinajstić information content (AvgIpc) is 2.84. The minimum atomic E-state index is 0.0623. The predicted molar refractivity (Wildman–Crippen MR) is 81.6 cm³/mol. The van der Waals surface area contributed by atoms with Gasteiger partial charge in [-0.2, -0.15) is 0 Å². The van der Waals surface area contributed by atoms with Gasteiger partial charge in [0, 0.05) is 29.8 Å². The van der Waals surface area contributed by atoms with Gasteiger partial charge in [0.25, 0.3) is 0 Å². The van der Waals surface area contributed by atoms with Gasteiger partial charge in [-0.3, -0.25) is 9.69 Å². The van der Waals surface area contributed by atoms with Crippen LogP contribution < -0.4 is 4.74 Å². The van der Waals surface area contributed by atoms with E-state index in [9.17, 15) is 4.79 Å². The topological polar surface area (TPSA) is 42.7 Å². The van der Waals surface area contributed by atoms with E-state index in [2.05, 4.69) is 4.90 Å². The van der Waals surface area contributed by atoms with Gasteiger partial charge < -0.3 is 9.15 Å². The van der Waals surface area contributed by atoms with E-state index in [0.717, 1.165) is 23.6 Å². The molecule has 0 saturated heterocycles. The Balaban J connectivity index is 2.15. The largest absolute Gasteiger partial charge is 0.496 e. The van der Waals surface area contributed by atoms with Gasteiger partial charge in [-0.25, -0.2) is 0 Å². The summed E-state index contributed by atoms with van der Waals surface area (Å²) >= 11 is 0. The van der Waals surface area contributed by atoms with Crippen molar-refractivity contribution in [2.24, 2.45) is 0 Å². The van der Waals surface area contributed by atoms with E-state index in [4.69, 9.17) is 9.15 Å². The zero-order chi connectivity index (χ0) is 15.4. The Morgan fingerprint density at radius 1 is 1.24 bits per heavy atom. The van der Waals surface area contributed by atoms with Crippen LogP contribution in [0.15, 0.2) is 34.9 Å². The molecule has 112 valence electrons. The molecule has 4 nitrogen and oxygen atoms in total. The van der Waals surface area contributed by atoms with Crippen molar-refractivity contribution in [3.05, 3.63) is 53.0 Å². The predicted octanol–water partition coefficient (Wildman–Crippen LogP) is 3.43. The number of benzene rings is 1. The zero-order valence-electron chi connectivity index (χ0n) is 13.0. The van der Waals surface area contributed by atoms with E-state index in [-0.39, 0.29) is 5.78 Å². The molecule has 4 heteroatoms. The number of ether oxygens (including phenoxy) is 1. The molecular formula is C17H21NO3. The Bertz CT molecular complexity index is 631. The van der Waals surface area contributed by atoms with Crippen molar-refractivity contribution in [1.82, 2.24) is 4.90 Å². The summed E-state index contributed by atoms with van der Waals surface area (Å²) in [6.45, 7) is 5.02.